The fourth-order valence-corrected chi connectivity index (χ4v) is 2.23. The molecule has 0 saturated heterocycles. The van der Waals surface area contributed by atoms with E-state index in [-0.39, 0.29) is 5.69 Å². The van der Waals surface area contributed by atoms with Gasteiger partial charge >= 0.3 is 0 Å². The number of nitro groups is 1. The van der Waals surface area contributed by atoms with Crippen LogP contribution in [0, 0.1) is 10.1 Å². The van der Waals surface area contributed by atoms with Gasteiger partial charge in [0.25, 0.3) is 5.69 Å². The van der Waals surface area contributed by atoms with Crippen molar-refractivity contribution in [3.8, 4) is 0 Å². The summed E-state index contributed by atoms with van der Waals surface area (Å²) in [4.78, 5) is 24.5. The van der Waals surface area contributed by atoms with Gasteiger partial charge in [-0.1, -0.05) is 24.3 Å². The third-order valence-corrected chi connectivity index (χ3v) is 3.03. The summed E-state index contributed by atoms with van der Waals surface area (Å²) in [6, 6.07) is 8.50. The Labute approximate surface area is 101 Å². The molecule has 0 aliphatic carbocycles. The second kappa shape index (κ2) is 3.66. The van der Waals surface area contributed by atoms with Crippen molar-refractivity contribution in [3.63, 3.8) is 0 Å². The molecule has 1 heterocycles. The molecule has 0 amide bonds. The van der Waals surface area contributed by atoms with Crippen molar-refractivity contribution in [2.24, 2.45) is 0 Å². The fourth-order valence-electron chi connectivity index (χ4n) is 2.23. The molecule has 0 fully saturated rings. The number of nitro benzene ring substituents is 1. The van der Waals surface area contributed by atoms with Gasteiger partial charge in [-0.05, 0) is 5.39 Å². The zero-order valence-corrected chi connectivity index (χ0v) is 9.21. The first-order valence-electron chi connectivity index (χ1n) is 5.35. The standard InChI is InChI=1S/C13H8N2O3/c16-7-9-6-14-13-10(9)5-4-8-2-1-3-11(12(8)13)15(17)18/h1-7,14H. The monoisotopic (exact) mass is 240 g/mol. The molecule has 0 unspecified atom stereocenters. The van der Waals surface area contributed by atoms with E-state index < -0.39 is 4.92 Å². The zero-order valence-electron chi connectivity index (χ0n) is 9.21. The Morgan fingerprint density at radius 2 is 2.06 bits per heavy atom. The molecule has 0 atom stereocenters. The molecule has 0 radical (unpaired) electrons. The van der Waals surface area contributed by atoms with Crippen LogP contribution in [0.25, 0.3) is 21.7 Å². The summed E-state index contributed by atoms with van der Waals surface area (Å²) in [5.74, 6) is 0. The van der Waals surface area contributed by atoms with Gasteiger partial charge in [-0.25, -0.2) is 0 Å². The van der Waals surface area contributed by atoms with E-state index in [2.05, 4.69) is 4.98 Å². The van der Waals surface area contributed by atoms with Crippen LogP contribution in [0.2, 0.25) is 0 Å². The summed E-state index contributed by atoms with van der Waals surface area (Å²) >= 11 is 0. The summed E-state index contributed by atoms with van der Waals surface area (Å²) in [6.45, 7) is 0. The van der Waals surface area contributed by atoms with Crippen molar-refractivity contribution in [3.05, 3.63) is 52.2 Å². The Morgan fingerprint density at radius 1 is 1.22 bits per heavy atom. The van der Waals surface area contributed by atoms with Crippen LogP contribution in [0.4, 0.5) is 5.69 Å². The molecule has 2 aromatic carbocycles. The van der Waals surface area contributed by atoms with Gasteiger partial charge in [-0.2, -0.15) is 0 Å². The second-order valence-corrected chi connectivity index (χ2v) is 3.98. The van der Waals surface area contributed by atoms with Crippen molar-refractivity contribution >= 4 is 33.6 Å². The number of rotatable bonds is 2. The van der Waals surface area contributed by atoms with Crippen molar-refractivity contribution < 1.29 is 9.72 Å². The first kappa shape index (κ1) is 10.5. The Balaban J connectivity index is 2.56. The number of fused-ring (bicyclic) bond motifs is 3. The average molecular weight is 240 g/mol. The lowest BCUT2D eigenvalue weighted by Gasteiger charge is -2.01. The number of carbonyl (C=O) groups is 1. The number of nitrogens with zero attached hydrogens (tertiary/aromatic N) is 1. The molecule has 0 saturated carbocycles. The molecule has 0 bridgehead atoms. The predicted molar refractivity (Wildman–Crippen MR) is 67.8 cm³/mol. The van der Waals surface area contributed by atoms with E-state index in [9.17, 15) is 14.9 Å². The highest BCUT2D eigenvalue weighted by molar-refractivity contribution is 6.13. The molecule has 3 aromatic rings. The molecule has 88 valence electrons. The number of benzene rings is 2. The molecule has 0 spiro atoms. The van der Waals surface area contributed by atoms with E-state index in [4.69, 9.17) is 0 Å². The largest absolute Gasteiger partial charge is 0.360 e. The van der Waals surface area contributed by atoms with Crippen LogP contribution in [0.3, 0.4) is 0 Å². The van der Waals surface area contributed by atoms with Crippen LogP contribution in [-0.4, -0.2) is 16.2 Å². The molecular weight excluding hydrogens is 232 g/mol. The molecule has 5 heteroatoms. The Hall–Kier alpha value is -2.69. The lowest BCUT2D eigenvalue weighted by atomic mass is 10.0. The smallest absolute Gasteiger partial charge is 0.279 e. The number of aromatic amines is 1. The number of aldehydes is 1. The highest BCUT2D eigenvalue weighted by Crippen LogP contribution is 2.32. The minimum Gasteiger partial charge on any atom is -0.360 e. The predicted octanol–water partition coefficient (Wildman–Crippen LogP) is 3.04. The van der Waals surface area contributed by atoms with Crippen LogP contribution in [0.5, 0.6) is 0 Å². The fraction of sp³-hybridized carbons (Fsp3) is 0. The molecule has 1 aromatic heterocycles. The van der Waals surface area contributed by atoms with E-state index in [1.165, 1.54) is 6.07 Å². The quantitative estimate of drug-likeness (QED) is 0.425. The summed E-state index contributed by atoms with van der Waals surface area (Å²) in [5, 5.41) is 13.1. The van der Waals surface area contributed by atoms with Crippen LogP contribution < -0.4 is 0 Å². The SMILES string of the molecule is O=Cc1c[nH]c2c1ccc1cccc([N+](=O)[O-])c12. The van der Waals surface area contributed by atoms with Gasteiger partial charge in [-0.3, -0.25) is 14.9 Å². The number of hydrogen-bond acceptors (Lipinski definition) is 3. The van der Waals surface area contributed by atoms with E-state index in [1.54, 1.807) is 24.4 Å². The maximum Gasteiger partial charge on any atom is 0.279 e. The number of H-pyrrole nitrogens is 1. The highest BCUT2D eigenvalue weighted by Gasteiger charge is 2.16. The number of non-ortho nitro benzene ring substituents is 1. The summed E-state index contributed by atoms with van der Waals surface area (Å²) in [5.41, 5.74) is 1.17. The van der Waals surface area contributed by atoms with Gasteiger partial charge in [0.15, 0.2) is 6.29 Å². The molecule has 1 N–H and O–H groups in total. The number of hydrogen-bond donors (Lipinski definition) is 1. The van der Waals surface area contributed by atoms with Crippen molar-refractivity contribution in [1.82, 2.24) is 4.98 Å². The van der Waals surface area contributed by atoms with Crippen LogP contribution in [-0.2, 0) is 0 Å². The van der Waals surface area contributed by atoms with E-state index in [1.807, 2.05) is 6.07 Å². The van der Waals surface area contributed by atoms with Gasteiger partial charge in [0, 0.05) is 23.2 Å². The summed E-state index contributed by atoms with van der Waals surface area (Å²) in [7, 11) is 0. The third kappa shape index (κ3) is 1.31. The Bertz CT molecular complexity index is 789. The number of aromatic nitrogens is 1. The maximum atomic E-state index is 11.1. The van der Waals surface area contributed by atoms with Crippen LogP contribution >= 0.6 is 0 Å². The van der Waals surface area contributed by atoms with Crippen molar-refractivity contribution in [1.29, 1.82) is 0 Å². The number of nitrogens with one attached hydrogen (secondary N) is 1. The first-order valence-corrected chi connectivity index (χ1v) is 5.35. The topological polar surface area (TPSA) is 76.0 Å². The van der Waals surface area contributed by atoms with Gasteiger partial charge < -0.3 is 4.98 Å². The second-order valence-electron chi connectivity index (χ2n) is 3.98. The van der Waals surface area contributed by atoms with Gasteiger partial charge in [0.2, 0.25) is 0 Å². The van der Waals surface area contributed by atoms with Crippen molar-refractivity contribution in [2.45, 2.75) is 0 Å². The average Bonchev–Trinajstić information content (AvgIpc) is 2.80. The molecular formula is C13H8N2O3. The first-order chi connectivity index (χ1) is 8.72. The molecule has 3 rings (SSSR count). The highest BCUT2D eigenvalue weighted by atomic mass is 16.6. The molecule has 0 aliphatic rings. The van der Waals surface area contributed by atoms with Crippen LogP contribution in [0.1, 0.15) is 10.4 Å². The molecule has 0 aliphatic heterocycles. The summed E-state index contributed by atoms with van der Waals surface area (Å²) in [6.07, 6.45) is 2.30. The third-order valence-electron chi connectivity index (χ3n) is 3.03. The minimum atomic E-state index is -0.413. The Kier molecular flexibility index (Phi) is 2.13. The van der Waals surface area contributed by atoms with Gasteiger partial charge in [0.1, 0.15) is 0 Å². The maximum absolute atomic E-state index is 11.1. The van der Waals surface area contributed by atoms with Crippen molar-refractivity contribution in [2.75, 3.05) is 0 Å². The molecule has 5 nitrogen and oxygen atoms in total. The van der Waals surface area contributed by atoms with Gasteiger partial charge in [0.05, 0.1) is 15.8 Å². The van der Waals surface area contributed by atoms with E-state index in [0.717, 1.165) is 11.7 Å². The van der Waals surface area contributed by atoms with E-state index >= 15 is 0 Å². The molecule has 18 heavy (non-hydrogen) atoms. The normalized spacial score (nSPS) is 10.9. The Morgan fingerprint density at radius 3 is 2.78 bits per heavy atom. The van der Waals surface area contributed by atoms with E-state index in [0.29, 0.717) is 21.9 Å². The lowest BCUT2D eigenvalue weighted by Crippen LogP contribution is -1.90. The minimum absolute atomic E-state index is 0.0393. The van der Waals surface area contributed by atoms with Crippen LogP contribution in [0.15, 0.2) is 36.5 Å². The lowest BCUT2D eigenvalue weighted by molar-refractivity contribution is -0.383. The zero-order chi connectivity index (χ0) is 12.7. The number of carbonyl (C=O) groups excluding carboxylic acids is 1. The summed E-state index contributed by atoms with van der Waals surface area (Å²) < 4.78 is 0. The van der Waals surface area contributed by atoms with Gasteiger partial charge in [-0.15, -0.1) is 0 Å².